The van der Waals surface area contributed by atoms with Crippen molar-refractivity contribution in [1.82, 2.24) is 4.90 Å². The van der Waals surface area contributed by atoms with Crippen molar-refractivity contribution in [1.29, 1.82) is 0 Å². The molecular weight excluding hydrogens is 574 g/mol. The number of rotatable bonds is 6. The number of esters is 1. The zero-order chi connectivity index (χ0) is 28.6. The van der Waals surface area contributed by atoms with Crippen LogP contribution < -0.4 is 14.9 Å². The number of hydrogen-bond acceptors (Lipinski definition) is 7. The molecule has 3 aromatic carbocycles. The molecule has 0 amide bonds. The Morgan fingerprint density at radius 1 is 1.07 bits per heavy atom. The molecule has 40 heavy (non-hydrogen) atoms. The van der Waals surface area contributed by atoms with Gasteiger partial charge in [0.2, 0.25) is 11.2 Å². The van der Waals surface area contributed by atoms with Crippen molar-refractivity contribution in [3.63, 3.8) is 0 Å². The van der Waals surface area contributed by atoms with Crippen LogP contribution in [0, 0.1) is 0 Å². The van der Waals surface area contributed by atoms with E-state index >= 15 is 0 Å². The van der Waals surface area contributed by atoms with Gasteiger partial charge in [-0.3, -0.25) is 9.69 Å². The second-order valence-electron chi connectivity index (χ2n) is 8.85. The van der Waals surface area contributed by atoms with Gasteiger partial charge in [-0.1, -0.05) is 29.3 Å². The van der Waals surface area contributed by atoms with E-state index in [4.69, 9.17) is 41.8 Å². The molecule has 0 saturated carbocycles. The first-order chi connectivity index (χ1) is 19.0. The molecule has 0 radical (unpaired) electrons. The summed E-state index contributed by atoms with van der Waals surface area (Å²) in [5.41, 5.74) is -0.0791. The first kappa shape index (κ1) is 27.8. The molecule has 0 bridgehead atoms. The average molecular weight is 594 g/mol. The highest BCUT2D eigenvalue weighted by molar-refractivity contribution is 6.35. The first-order valence-corrected chi connectivity index (χ1v) is 12.7. The van der Waals surface area contributed by atoms with Gasteiger partial charge in [-0.05, 0) is 61.0 Å². The van der Waals surface area contributed by atoms with Crippen LogP contribution in [0.5, 0.6) is 17.2 Å². The number of nitrogens with zero attached hydrogens (tertiary/aromatic N) is 1. The molecule has 0 N–H and O–H groups in total. The van der Waals surface area contributed by atoms with Gasteiger partial charge in [-0.2, -0.15) is 13.2 Å². The molecule has 12 heteroatoms. The summed E-state index contributed by atoms with van der Waals surface area (Å²) in [4.78, 5) is 27.0. The summed E-state index contributed by atoms with van der Waals surface area (Å²) in [5, 5.41) is 0.786. The maximum Gasteiger partial charge on any atom is 0.453 e. The van der Waals surface area contributed by atoms with E-state index in [0.717, 1.165) is 5.56 Å². The Balaban J connectivity index is 1.52. The van der Waals surface area contributed by atoms with Crippen molar-refractivity contribution in [3.05, 3.63) is 97.3 Å². The standard InChI is InChI=1S/C28H20Cl2F3NO6/c1-2-37-27(36)15-4-7-18(8-5-15)39-25-23(35)19-9-10-22-20(24(19)40-26(25)28(31,32)33)13-34(14-38-22)12-16-3-6-17(29)11-21(16)30/h3-11H,2,12-14H2,1H3. The van der Waals surface area contributed by atoms with Crippen molar-refractivity contribution in [2.24, 2.45) is 0 Å². The second kappa shape index (κ2) is 11.0. The minimum atomic E-state index is -5.05. The Bertz CT molecular complexity index is 1650. The molecule has 0 aliphatic carbocycles. The molecule has 1 aliphatic rings. The van der Waals surface area contributed by atoms with Crippen molar-refractivity contribution in [2.45, 2.75) is 26.2 Å². The average Bonchev–Trinajstić information content (AvgIpc) is 2.91. The predicted octanol–water partition coefficient (Wildman–Crippen LogP) is 7.44. The summed E-state index contributed by atoms with van der Waals surface area (Å²) in [7, 11) is 0. The number of carbonyl (C=O) groups is 1. The summed E-state index contributed by atoms with van der Waals surface area (Å²) < 4.78 is 63.9. The maximum absolute atomic E-state index is 14.1. The topological polar surface area (TPSA) is 78.2 Å². The van der Waals surface area contributed by atoms with Gasteiger partial charge in [0.25, 0.3) is 5.76 Å². The van der Waals surface area contributed by atoms with Crippen molar-refractivity contribution < 1.29 is 36.6 Å². The SMILES string of the molecule is CCOC(=O)c1ccc(Oc2c(C(F)(F)F)oc3c4c(ccc3c2=O)OCN(Cc2ccc(Cl)cc2Cl)C4)cc1. The van der Waals surface area contributed by atoms with Gasteiger partial charge in [0.15, 0.2) is 0 Å². The van der Waals surface area contributed by atoms with Crippen LogP contribution >= 0.6 is 23.2 Å². The molecule has 4 aromatic rings. The lowest BCUT2D eigenvalue weighted by Crippen LogP contribution is -2.32. The quantitative estimate of drug-likeness (QED) is 0.215. The van der Waals surface area contributed by atoms with Crippen LogP contribution in [0.3, 0.4) is 0 Å². The summed E-state index contributed by atoms with van der Waals surface area (Å²) in [6.07, 6.45) is -5.05. The number of benzene rings is 3. The van der Waals surface area contributed by atoms with Crippen molar-refractivity contribution in [3.8, 4) is 17.2 Å². The van der Waals surface area contributed by atoms with Crippen LogP contribution in [0.1, 0.15) is 34.2 Å². The Morgan fingerprint density at radius 2 is 1.82 bits per heavy atom. The van der Waals surface area contributed by atoms with Crippen LogP contribution in [0.25, 0.3) is 11.0 Å². The van der Waals surface area contributed by atoms with Gasteiger partial charge in [-0.25, -0.2) is 4.79 Å². The molecule has 5 rings (SSSR count). The second-order valence-corrected chi connectivity index (χ2v) is 9.69. The summed E-state index contributed by atoms with van der Waals surface area (Å²) >= 11 is 12.3. The minimum Gasteiger partial charge on any atom is -0.478 e. The van der Waals surface area contributed by atoms with Crippen LogP contribution in [-0.2, 0) is 24.0 Å². The van der Waals surface area contributed by atoms with Crippen LogP contribution in [-0.4, -0.2) is 24.2 Å². The third kappa shape index (κ3) is 5.60. The normalized spacial score (nSPS) is 13.6. The third-order valence-corrected chi connectivity index (χ3v) is 6.70. The van der Waals surface area contributed by atoms with E-state index in [2.05, 4.69) is 0 Å². The number of halogens is 5. The number of ether oxygens (including phenoxy) is 3. The molecular formula is C28H20Cl2F3NO6. The molecule has 2 heterocycles. The summed E-state index contributed by atoms with van der Waals surface area (Å²) in [6.45, 7) is 2.37. The largest absolute Gasteiger partial charge is 0.478 e. The van der Waals surface area contributed by atoms with E-state index in [0.29, 0.717) is 22.3 Å². The van der Waals surface area contributed by atoms with Gasteiger partial charge >= 0.3 is 12.1 Å². The zero-order valence-electron chi connectivity index (χ0n) is 20.8. The van der Waals surface area contributed by atoms with Crippen molar-refractivity contribution in [2.75, 3.05) is 13.3 Å². The highest BCUT2D eigenvalue weighted by Gasteiger charge is 2.41. The lowest BCUT2D eigenvalue weighted by atomic mass is 10.1. The van der Waals surface area contributed by atoms with Gasteiger partial charge < -0.3 is 18.6 Å². The molecule has 0 fully saturated rings. The van der Waals surface area contributed by atoms with Crippen LogP contribution in [0.2, 0.25) is 10.0 Å². The first-order valence-electron chi connectivity index (χ1n) is 12.0. The number of fused-ring (bicyclic) bond motifs is 3. The highest BCUT2D eigenvalue weighted by atomic mass is 35.5. The highest BCUT2D eigenvalue weighted by Crippen LogP contribution is 2.41. The Hall–Kier alpha value is -3.73. The van der Waals surface area contributed by atoms with E-state index in [1.807, 2.05) is 0 Å². The maximum atomic E-state index is 14.1. The molecule has 1 aromatic heterocycles. The van der Waals surface area contributed by atoms with E-state index in [1.165, 1.54) is 36.4 Å². The number of alkyl halides is 3. The van der Waals surface area contributed by atoms with Gasteiger partial charge in [-0.15, -0.1) is 0 Å². The molecule has 1 aliphatic heterocycles. The molecule has 208 valence electrons. The zero-order valence-corrected chi connectivity index (χ0v) is 22.3. The van der Waals surface area contributed by atoms with E-state index in [-0.39, 0.29) is 47.7 Å². The van der Waals surface area contributed by atoms with Gasteiger partial charge in [0.1, 0.15) is 23.8 Å². The molecule has 7 nitrogen and oxygen atoms in total. The molecule has 0 atom stereocenters. The van der Waals surface area contributed by atoms with E-state index in [9.17, 15) is 22.8 Å². The predicted molar refractivity (Wildman–Crippen MR) is 141 cm³/mol. The minimum absolute atomic E-state index is 0.0995. The molecule has 0 saturated heterocycles. The fourth-order valence-corrected chi connectivity index (χ4v) is 4.73. The number of hydrogen-bond donors (Lipinski definition) is 0. The lowest BCUT2D eigenvalue weighted by molar-refractivity contribution is -0.154. The monoisotopic (exact) mass is 593 g/mol. The Morgan fingerprint density at radius 3 is 2.50 bits per heavy atom. The van der Waals surface area contributed by atoms with E-state index in [1.54, 1.807) is 30.0 Å². The molecule has 0 spiro atoms. The van der Waals surface area contributed by atoms with E-state index < -0.39 is 29.1 Å². The van der Waals surface area contributed by atoms with Crippen LogP contribution in [0.4, 0.5) is 13.2 Å². The molecule has 0 unspecified atom stereocenters. The number of carbonyl (C=O) groups excluding carboxylic acids is 1. The lowest BCUT2D eigenvalue weighted by Gasteiger charge is -2.29. The smallest absolute Gasteiger partial charge is 0.453 e. The Kier molecular flexibility index (Phi) is 7.67. The van der Waals surface area contributed by atoms with Crippen LogP contribution in [0.15, 0.2) is 63.8 Å². The van der Waals surface area contributed by atoms with Gasteiger partial charge in [0.05, 0.1) is 23.1 Å². The fourth-order valence-electron chi connectivity index (χ4n) is 4.26. The summed E-state index contributed by atoms with van der Waals surface area (Å²) in [6, 6.07) is 13.0. The fraction of sp³-hybridized carbons (Fsp3) is 0.214. The third-order valence-electron chi connectivity index (χ3n) is 6.11. The van der Waals surface area contributed by atoms with Crippen molar-refractivity contribution >= 4 is 40.1 Å². The van der Waals surface area contributed by atoms with Gasteiger partial charge in [0, 0.05) is 23.1 Å². The summed E-state index contributed by atoms with van der Waals surface area (Å²) in [5.74, 6) is -3.02. The Labute approximate surface area is 235 Å².